The molecule has 136 valence electrons. The van der Waals surface area contributed by atoms with Gasteiger partial charge in [-0.2, -0.15) is 0 Å². The Hall–Kier alpha value is -1.10. The van der Waals surface area contributed by atoms with E-state index in [-0.39, 0.29) is 30.5 Å². The lowest BCUT2D eigenvalue weighted by molar-refractivity contribution is -0.132. The number of halogens is 1. The molecule has 0 aliphatic carbocycles. The minimum absolute atomic E-state index is 0. The highest BCUT2D eigenvalue weighted by Crippen LogP contribution is 2.16. The minimum Gasteiger partial charge on any atom is -0.376 e. The van der Waals surface area contributed by atoms with Crippen LogP contribution < -0.4 is 5.73 Å². The number of hydrogen-bond acceptors (Lipinski definition) is 3. The highest BCUT2D eigenvalue weighted by atomic mass is 35.5. The highest BCUT2D eigenvalue weighted by Gasteiger charge is 2.29. The zero-order chi connectivity index (χ0) is 16.7. The maximum atomic E-state index is 12.3. The summed E-state index contributed by atoms with van der Waals surface area (Å²) >= 11 is 0. The summed E-state index contributed by atoms with van der Waals surface area (Å²) in [5.41, 5.74) is 7.34. The lowest BCUT2D eigenvalue weighted by atomic mass is 10.0. The third-order valence-electron chi connectivity index (χ3n) is 4.31. The molecule has 1 amide bonds. The van der Waals surface area contributed by atoms with E-state index in [0.29, 0.717) is 12.5 Å². The molecule has 2 atom stereocenters. The van der Waals surface area contributed by atoms with E-state index in [1.54, 1.807) is 0 Å². The number of likely N-dealkylation sites (tertiary alicyclic amines) is 1. The number of aryl methyl sites for hydroxylation is 1. The van der Waals surface area contributed by atoms with Crippen molar-refractivity contribution < 1.29 is 9.53 Å². The first-order valence-electron chi connectivity index (χ1n) is 8.76. The van der Waals surface area contributed by atoms with Crippen LogP contribution in [0.15, 0.2) is 30.3 Å². The first-order valence-corrected chi connectivity index (χ1v) is 8.76. The fourth-order valence-electron chi connectivity index (χ4n) is 3.08. The number of carbonyl (C=O) groups excluding carboxylic acids is 1. The number of nitrogens with two attached hydrogens (primary N) is 1. The van der Waals surface area contributed by atoms with Crippen molar-refractivity contribution in [1.82, 2.24) is 4.90 Å². The Morgan fingerprint density at radius 1 is 1.33 bits per heavy atom. The van der Waals surface area contributed by atoms with Crippen LogP contribution in [0.3, 0.4) is 0 Å². The predicted molar refractivity (Wildman–Crippen MR) is 100 cm³/mol. The van der Waals surface area contributed by atoms with Gasteiger partial charge in [0.2, 0.25) is 5.91 Å². The van der Waals surface area contributed by atoms with Crippen LogP contribution in [0.2, 0.25) is 0 Å². The molecule has 1 saturated heterocycles. The van der Waals surface area contributed by atoms with Gasteiger partial charge in [0, 0.05) is 19.7 Å². The second kappa shape index (κ2) is 10.7. The molecule has 1 aliphatic rings. The average Bonchev–Trinajstić information content (AvgIpc) is 3.00. The van der Waals surface area contributed by atoms with E-state index in [2.05, 4.69) is 38.1 Å². The second-order valence-electron chi connectivity index (χ2n) is 6.89. The lowest BCUT2D eigenvalue weighted by Crippen LogP contribution is -2.43. The second-order valence-corrected chi connectivity index (χ2v) is 6.89. The summed E-state index contributed by atoms with van der Waals surface area (Å²) in [5, 5.41) is 0. The van der Waals surface area contributed by atoms with E-state index in [4.69, 9.17) is 10.5 Å². The fraction of sp³-hybridized carbons (Fsp3) is 0.632. The number of amides is 1. The monoisotopic (exact) mass is 354 g/mol. The topological polar surface area (TPSA) is 55.6 Å². The van der Waals surface area contributed by atoms with Crippen molar-refractivity contribution in [1.29, 1.82) is 0 Å². The molecule has 1 aromatic carbocycles. The van der Waals surface area contributed by atoms with E-state index in [0.717, 1.165) is 38.8 Å². The molecule has 2 rings (SSSR count). The van der Waals surface area contributed by atoms with Crippen molar-refractivity contribution in [2.75, 3.05) is 19.7 Å². The molecule has 1 fully saturated rings. The summed E-state index contributed by atoms with van der Waals surface area (Å²) in [6.45, 7) is 6.40. The van der Waals surface area contributed by atoms with E-state index < -0.39 is 0 Å². The summed E-state index contributed by atoms with van der Waals surface area (Å²) < 4.78 is 5.93. The molecule has 0 saturated carbocycles. The Morgan fingerprint density at radius 2 is 2.04 bits per heavy atom. The van der Waals surface area contributed by atoms with Crippen LogP contribution in [-0.4, -0.2) is 42.6 Å². The summed E-state index contributed by atoms with van der Waals surface area (Å²) in [6, 6.07) is 10.1. The van der Waals surface area contributed by atoms with Crippen LogP contribution in [0, 0.1) is 5.92 Å². The first-order chi connectivity index (χ1) is 11.1. The van der Waals surface area contributed by atoms with Crippen molar-refractivity contribution in [3.8, 4) is 0 Å². The van der Waals surface area contributed by atoms with Crippen LogP contribution >= 0.6 is 12.4 Å². The molecule has 1 aliphatic heterocycles. The molecular formula is C19H31ClN2O2. The zero-order valence-electron chi connectivity index (χ0n) is 14.8. The van der Waals surface area contributed by atoms with Crippen LogP contribution in [0.4, 0.5) is 0 Å². The third-order valence-corrected chi connectivity index (χ3v) is 4.31. The van der Waals surface area contributed by atoms with Crippen molar-refractivity contribution in [2.24, 2.45) is 11.7 Å². The number of ether oxygens (including phenoxy) is 1. The Balaban J connectivity index is 0.00000288. The number of nitrogens with zero attached hydrogens (tertiary/aromatic N) is 1. The first kappa shape index (κ1) is 20.9. The van der Waals surface area contributed by atoms with E-state index in [1.807, 2.05) is 11.0 Å². The quantitative estimate of drug-likeness (QED) is 0.730. The van der Waals surface area contributed by atoms with Gasteiger partial charge in [0.15, 0.2) is 0 Å². The molecule has 0 spiro atoms. The zero-order valence-corrected chi connectivity index (χ0v) is 15.6. The molecule has 24 heavy (non-hydrogen) atoms. The Bertz CT molecular complexity index is 482. The minimum atomic E-state index is -0.369. The predicted octanol–water partition coefficient (Wildman–Crippen LogP) is 3.03. The fourth-order valence-corrected chi connectivity index (χ4v) is 3.08. The molecule has 0 bridgehead atoms. The summed E-state index contributed by atoms with van der Waals surface area (Å²) in [4.78, 5) is 14.2. The van der Waals surface area contributed by atoms with Gasteiger partial charge in [0.05, 0.1) is 12.1 Å². The van der Waals surface area contributed by atoms with Gasteiger partial charge in [0.1, 0.15) is 0 Å². The van der Waals surface area contributed by atoms with E-state index in [1.165, 1.54) is 5.56 Å². The van der Waals surface area contributed by atoms with Crippen molar-refractivity contribution in [2.45, 2.75) is 51.7 Å². The largest absolute Gasteiger partial charge is 0.376 e. The SMILES string of the molecule is CC(C)C[C@H](N)C(=O)N1CCC(OCCCc2ccccc2)C1.Cl. The standard InChI is InChI=1S/C19H30N2O2.ClH/c1-15(2)13-18(20)19(22)21-11-10-17(14-21)23-12-6-9-16-7-4-3-5-8-16;/h3-5,7-8,15,17-18H,6,9-14,20H2,1-2H3;1H/t17?,18-;/m0./s1. The number of benzene rings is 1. The van der Waals surface area contributed by atoms with E-state index >= 15 is 0 Å². The number of rotatable bonds is 8. The highest BCUT2D eigenvalue weighted by molar-refractivity contribution is 5.85. The molecule has 2 N–H and O–H groups in total. The van der Waals surface area contributed by atoms with Crippen molar-refractivity contribution in [3.05, 3.63) is 35.9 Å². The molecule has 0 radical (unpaired) electrons. The van der Waals surface area contributed by atoms with Crippen molar-refractivity contribution >= 4 is 18.3 Å². The average molecular weight is 355 g/mol. The van der Waals surface area contributed by atoms with Crippen molar-refractivity contribution in [3.63, 3.8) is 0 Å². The molecule has 1 heterocycles. The van der Waals surface area contributed by atoms with Gasteiger partial charge in [-0.05, 0) is 37.2 Å². The van der Waals surface area contributed by atoms with Gasteiger partial charge in [-0.25, -0.2) is 0 Å². The molecule has 4 nitrogen and oxygen atoms in total. The number of carbonyl (C=O) groups is 1. The summed E-state index contributed by atoms with van der Waals surface area (Å²) in [7, 11) is 0. The van der Waals surface area contributed by atoms with Gasteiger partial charge in [-0.1, -0.05) is 44.2 Å². The summed E-state index contributed by atoms with van der Waals surface area (Å²) in [6.07, 6.45) is 3.89. The van der Waals surface area contributed by atoms with Gasteiger partial charge in [-0.15, -0.1) is 12.4 Å². The Morgan fingerprint density at radius 3 is 2.71 bits per heavy atom. The summed E-state index contributed by atoms with van der Waals surface area (Å²) in [5.74, 6) is 0.524. The normalized spacial score (nSPS) is 18.5. The van der Waals surface area contributed by atoms with Gasteiger partial charge in [0.25, 0.3) is 0 Å². The van der Waals surface area contributed by atoms with Crippen LogP contribution in [0.25, 0.3) is 0 Å². The Kier molecular flexibility index (Phi) is 9.34. The maximum absolute atomic E-state index is 12.3. The smallest absolute Gasteiger partial charge is 0.239 e. The maximum Gasteiger partial charge on any atom is 0.239 e. The molecule has 1 unspecified atom stereocenters. The molecular weight excluding hydrogens is 324 g/mol. The van der Waals surface area contributed by atoms with Crippen LogP contribution in [0.1, 0.15) is 38.7 Å². The lowest BCUT2D eigenvalue weighted by Gasteiger charge is -2.22. The third kappa shape index (κ3) is 6.80. The van der Waals surface area contributed by atoms with E-state index in [9.17, 15) is 4.79 Å². The van der Waals surface area contributed by atoms with Gasteiger partial charge >= 0.3 is 0 Å². The van der Waals surface area contributed by atoms with Gasteiger partial charge < -0.3 is 15.4 Å². The molecule has 1 aromatic rings. The van der Waals surface area contributed by atoms with Crippen LogP contribution in [-0.2, 0) is 16.0 Å². The molecule has 0 aromatic heterocycles. The Labute approximate surface area is 152 Å². The number of hydrogen-bond donors (Lipinski definition) is 1. The molecule has 5 heteroatoms. The van der Waals surface area contributed by atoms with Crippen LogP contribution in [0.5, 0.6) is 0 Å². The van der Waals surface area contributed by atoms with Gasteiger partial charge in [-0.3, -0.25) is 4.79 Å².